The van der Waals surface area contributed by atoms with Gasteiger partial charge in [-0.25, -0.2) is 0 Å². The van der Waals surface area contributed by atoms with Crippen LogP contribution in [0.1, 0.15) is 17.0 Å². The summed E-state index contributed by atoms with van der Waals surface area (Å²) in [4.78, 5) is 0. The number of hydrogen-bond acceptors (Lipinski definition) is 1. The summed E-state index contributed by atoms with van der Waals surface area (Å²) in [7, 11) is 0. The van der Waals surface area contributed by atoms with Crippen molar-refractivity contribution < 1.29 is 0 Å². The van der Waals surface area contributed by atoms with Gasteiger partial charge in [0, 0.05) is 23.5 Å². The zero-order chi connectivity index (χ0) is 8.55. The summed E-state index contributed by atoms with van der Waals surface area (Å²) in [5.41, 5.74) is 2.79. The van der Waals surface area contributed by atoms with Crippen LogP contribution in [0.2, 0.25) is 0 Å². The number of halogens is 2. The van der Waals surface area contributed by atoms with Gasteiger partial charge in [0.05, 0.1) is 0 Å². The van der Waals surface area contributed by atoms with Crippen molar-refractivity contribution in [1.82, 2.24) is 5.32 Å². The maximum atomic E-state index is 3.63. The van der Waals surface area contributed by atoms with Gasteiger partial charge in [-0.2, -0.15) is 0 Å². The van der Waals surface area contributed by atoms with Gasteiger partial charge in [0.2, 0.25) is 0 Å². The van der Waals surface area contributed by atoms with Crippen LogP contribution in [0.15, 0.2) is 22.7 Å². The van der Waals surface area contributed by atoms with E-state index >= 15 is 0 Å². The lowest BCUT2D eigenvalue weighted by molar-refractivity contribution is 0.447. The van der Waals surface area contributed by atoms with E-state index in [1.165, 1.54) is 15.6 Å². The first-order chi connectivity index (χ1) is 5.79. The van der Waals surface area contributed by atoms with Crippen LogP contribution in [0.4, 0.5) is 0 Å². The van der Waals surface area contributed by atoms with E-state index in [-0.39, 0.29) is 12.4 Å². The molecule has 1 heterocycles. The Labute approximate surface area is 93.5 Å². The number of benzene rings is 1. The minimum atomic E-state index is 0. The molecule has 0 unspecified atom stereocenters. The number of nitrogens with one attached hydrogen (secondary N) is 1. The molecular weight excluding hydrogens is 249 g/mol. The van der Waals surface area contributed by atoms with Crippen molar-refractivity contribution in [2.45, 2.75) is 12.8 Å². The highest BCUT2D eigenvalue weighted by Gasteiger charge is 2.21. The van der Waals surface area contributed by atoms with E-state index < -0.39 is 0 Å². The third kappa shape index (κ3) is 2.06. The Morgan fingerprint density at radius 1 is 1.38 bits per heavy atom. The quantitative estimate of drug-likeness (QED) is 0.821. The monoisotopic (exact) mass is 261 g/mol. The van der Waals surface area contributed by atoms with Gasteiger partial charge in [0.1, 0.15) is 0 Å². The Morgan fingerprint density at radius 3 is 2.62 bits per heavy atom. The van der Waals surface area contributed by atoms with Crippen LogP contribution in [0.25, 0.3) is 0 Å². The molecule has 0 spiro atoms. The molecule has 0 aliphatic carbocycles. The molecule has 1 fully saturated rings. The summed E-state index contributed by atoms with van der Waals surface area (Å²) in [5, 5.41) is 3.29. The Kier molecular flexibility index (Phi) is 3.77. The molecule has 0 saturated carbocycles. The summed E-state index contributed by atoms with van der Waals surface area (Å²) in [6.45, 7) is 4.39. The summed E-state index contributed by atoms with van der Waals surface area (Å²) < 4.78 is 1.29. The minimum Gasteiger partial charge on any atom is -0.315 e. The second-order valence-corrected chi connectivity index (χ2v) is 4.13. The second kappa shape index (κ2) is 4.45. The maximum Gasteiger partial charge on any atom is 0.0240 e. The number of hydrogen-bond donors (Lipinski definition) is 1. The van der Waals surface area contributed by atoms with Gasteiger partial charge < -0.3 is 5.32 Å². The van der Waals surface area contributed by atoms with Gasteiger partial charge in [-0.05, 0) is 18.1 Å². The molecule has 0 amide bonds. The Bertz CT molecular complexity index is 297. The fourth-order valence-electron chi connectivity index (χ4n) is 1.49. The molecule has 0 atom stereocenters. The van der Waals surface area contributed by atoms with Crippen molar-refractivity contribution >= 4 is 28.3 Å². The third-order valence-electron chi connectivity index (χ3n) is 2.44. The molecule has 1 nitrogen and oxygen atoms in total. The van der Waals surface area contributed by atoms with Crippen LogP contribution in [-0.2, 0) is 0 Å². The second-order valence-electron chi connectivity index (χ2n) is 3.33. The first-order valence-corrected chi connectivity index (χ1v) is 5.04. The van der Waals surface area contributed by atoms with Crippen molar-refractivity contribution in [2.24, 2.45) is 0 Å². The molecule has 1 aliphatic heterocycles. The maximum absolute atomic E-state index is 3.63. The van der Waals surface area contributed by atoms with Crippen molar-refractivity contribution in [3.8, 4) is 0 Å². The molecule has 1 aliphatic rings. The molecule has 72 valence electrons. The van der Waals surface area contributed by atoms with E-state index in [4.69, 9.17) is 0 Å². The van der Waals surface area contributed by atoms with Crippen LogP contribution in [0.3, 0.4) is 0 Å². The first kappa shape index (κ1) is 11.0. The van der Waals surface area contributed by atoms with Crippen molar-refractivity contribution in [3.05, 3.63) is 33.8 Å². The molecule has 3 heteroatoms. The Morgan fingerprint density at radius 2 is 2.08 bits per heavy atom. The summed E-state index contributed by atoms with van der Waals surface area (Å²) in [5.74, 6) is 0.722. The molecule has 1 N–H and O–H groups in total. The van der Waals surface area contributed by atoms with Crippen LogP contribution in [0, 0.1) is 6.92 Å². The van der Waals surface area contributed by atoms with Crippen molar-refractivity contribution in [3.63, 3.8) is 0 Å². The van der Waals surface area contributed by atoms with Gasteiger partial charge in [-0.3, -0.25) is 0 Å². The van der Waals surface area contributed by atoms with E-state index in [1.807, 2.05) is 0 Å². The number of rotatable bonds is 1. The van der Waals surface area contributed by atoms with E-state index in [0.29, 0.717) is 0 Å². The largest absolute Gasteiger partial charge is 0.315 e. The smallest absolute Gasteiger partial charge is 0.0240 e. The topological polar surface area (TPSA) is 12.0 Å². The Balaban J connectivity index is 0.000000845. The SMILES string of the molecule is Cc1cccc(C2CNC2)c1Br.Cl. The Hall–Kier alpha value is -0.0500. The van der Waals surface area contributed by atoms with E-state index in [1.54, 1.807) is 0 Å². The van der Waals surface area contributed by atoms with Crippen LogP contribution in [0.5, 0.6) is 0 Å². The average Bonchev–Trinajstić information content (AvgIpc) is 1.95. The molecule has 13 heavy (non-hydrogen) atoms. The van der Waals surface area contributed by atoms with Gasteiger partial charge in [0.25, 0.3) is 0 Å². The molecule has 0 radical (unpaired) electrons. The third-order valence-corrected chi connectivity index (χ3v) is 3.53. The molecule has 1 aromatic rings. The predicted molar refractivity (Wildman–Crippen MR) is 61.7 cm³/mol. The van der Waals surface area contributed by atoms with Gasteiger partial charge in [0.15, 0.2) is 0 Å². The molecule has 0 aromatic heterocycles. The highest BCUT2D eigenvalue weighted by atomic mass is 79.9. The summed E-state index contributed by atoms with van der Waals surface area (Å²) in [6, 6.07) is 6.48. The molecular formula is C10H13BrClN. The fraction of sp³-hybridized carbons (Fsp3) is 0.400. The van der Waals surface area contributed by atoms with Gasteiger partial charge in [-0.15, -0.1) is 12.4 Å². The molecule has 1 aromatic carbocycles. The zero-order valence-electron chi connectivity index (χ0n) is 7.51. The highest BCUT2D eigenvalue weighted by Crippen LogP contribution is 2.29. The molecule has 1 saturated heterocycles. The average molecular weight is 263 g/mol. The van der Waals surface area contributed by atoms with E-state index in [0.717, 1.165) is 19.0 Å². The lowest BCUT2D eigenvalue weighted by Crippen LogP contribution is -2.40. The predicted octanol–water partition coefficient (Wildman–Crippen LogP) is 2.87. The van der Waals surface area contributed by atoms with Crippen molar-refractivity contribution in [2.75, 3.05) is 13.1 Å². The minimum absolute atomic E-state index is 0. The summed E-state index contributed by atoms with van der Waals surface area (Å²) in [6.07, 6.45) is 0. The van der Waals surface area contributed by atoms with Gasteiger partial charge >= 0.3 is 0 Å². The standard InChI is InChI=1S/C10H12BrN.ClH/c1-7-3-2-4-9(10(7)11)8-5-12-6-8;/h2-4,8,12H,5-6H2,1H3;1H. The first-order valence-electron chi connectivity index (χ1n) is 4.25. The highest BCUT2D eigenvalue weighted by molar-refractivity contribution is 9.10. The lowest BCUT2D eigenvalue weighted by Gasteiger charge is -2.28. The fourth-order valence-corrected chi connectivity index (χ4v) is 2.08. The number of aryl methyl sites for hydroxylation is 1. The van der Waals surface area contributed by atoms with Crippen LogP contribution < -0.4 is 5.32 Å². The lowest BCUT2D eigenvalue weighted by atomic mass is 9.93. The van der Waals surface area contributed by atoms with Crippen molar-refractivity contribution in [1.29, 1.82) is 0 Å². The van der Waals surface area contributed by atoms with E-state index in [2.05, 4.69) is 46.4 Å². The van der Waals surface area contributed by atoms with Crippen LogP contribution in [-0.4, -0.2) is 13.1 Å². The molecule has 2 rings (SSSR count). The van der Waals surface area contributed by atoms with E-state index in [9.17, 15) is 0 Å². The summed E-state index contributed by atoms with van der Waals surface area (Å²) >= 11 is 3.63. The zero-order valence-corrected chi connectivity index (χ0v) is 9.91. The van der Waals surface area contributed by atoms with Gasteiger partial charge in [-0.1, -0.05) is 34.1 Å². The normalized spacial score (nSPS) is 16.2. The van der Waals surface area contributed by atoms with Crippen LogP contribution >= 0.6 is 28.3 Å². The molecule has 0 bridgehead atoms.